The lowest BCUT2D eigenvalue weighted by Crippen LogP contribution is -2.43. The van der Waals surface area contributed by atoms with Crippen molar-refractivity contribution in [2.24, 2.45) is 5.92 Å². The second-order valence-corrected chi connectivity index (χ2v) is 8.76. The fraction of sp³-hybridized carbons (Fsp3) is 0.588. The van der Waals surface area contributed by atoms with Gasteiger partial charge in [0.2, 0.25) is 15.9 Å². The van der Waals surface area contributed by atoms with Gasteiger partial charge in [-0.2, -0.15) is 0 Å². The molecular formula is C17H26ClN3O3S. The second-order valence-electron chi connectivity index (χ2n) is 6.50. The Balaban J connectivity index is 0.00000225. The molecule has 1 amide bonds. The van der Waals surface area contributed by atoms with Gasteiger partial charge in [-0.1, -0.05) is 18.2 Å². The monoisotopic (exact) mass is 387 g/mol. The first-order valence-electron chi connectivity index (χ1n) is 8.56. The lowest BCUT2D eigenvalue weighted by molar-refractivity contribution is -0.126. The number of nitrogens with zero attached hydrogens (tertiary/aromatic N) is 1. The first-order valence-corrected chi connectivity index (χ1v) is 10.2. The number of halogens is 1. The van der Waals surface area contributed by atoms with Gasteiger partial charge in [0, 0.05) is 38.6 Å². The minimum Gasteiger partial charge on any atom is -0.352 e. The molecule has 1 saturated heterocycles. The third-order valence-electron chi connectivity index (χ3n) is 4.95. The highest BCUT2D eigenvalue weighted by Crippen LogP contribution is 2.21. The Hall–Kier alpha value is -1.15. The highest BCUT2D eigenvalue weighted by Gasteiger charge is 2.29. The van der Waals surface area contributed by atoms with Crippen LogP contribution in [0.3, 0.4) is 0 Å². The van der Waals surface area contributed by atoms with Crippen LogP contribution in [0.2, 0.25) is 0 Å². The Kier molecular flexibility index (Phi) is 6.85. The van der Waals surface area contributed by atoms with Crippen LogP contribution < -0.4 is 10.6 Å². The van der Waals surface area contributed by atoms with Gasteiger partial charge in [-0.05, 0) is 36.5 Å². The Labute approximate surface area is 155 Å². The summed E-state index contributed by atoms with van der Waals surface area (Å²) in [7, 11) is -3.14. The molecule has 6 nitrogen and oxygen atoms in total. The maximum Gasteiger partial charge on any atom is 0.223 e. The first-order chi connectivity index (χ1) is 11.5. The van der Waals surface area contributed by atoms with Crippen LogP contribution >= 0.6 is 12.4 Å². The summed E-state index contributed by atoms with van der Waals surface area (Å²) >= 11 is 0. The van der Waals surface area contributed by atoms with Crippen LogP contribution in [0.25, 0.3) is 0 Å². The highest BCUT2D eigenvalue weighted by molar-refractivity contribution is 7.89. The number of piperidine rings is 1. The highest BCUT2D eigenvalue weighted by atomic mass is 35.5. The van der Waals surface area contributed by atoms with E-state index in [0.29, 0.717) is 32.5 Å². The van der Waals surface area contributed by atoms with Crippen molar-refractivity contribution >= 4 is 28.3 Å². The van der Waals surface area contributed by atoms with Crippen LogP contribution in [0.15, 0.2) is 18.2 Å². The zero-order chi connectivity index (χ0) is 17.2. The molecule has 8 heteroatoms. The van der Waals surface area contributed by atoms with Crippen molar-refractivity contribution in [2.45, 2.75) is 39.4 Å². The Morgan fingerprint density at radius 3 is 2.60 bits per heavy atom. The summed E-state index contributed by atoms with van der Waals surface area (Å²) in [6.07, 6.45) is 1.19. The number of nitrogens with one attached hydrogen (secondary N) is 2. The number of hydrogen-bond acceptors (Lipinski definition) is 4. The third kappa shape index (κ3) is 4.73. The van der Waals surface area contributed by atoms with E-state index in [2.05, 4.69) is 28.8 Å². The molecule has 0 aromatic heterocycles. The average molecular weight is 388 g/mol. The summed E-state index contributed by atoms with van der Waals surface area (Å²) in [5.74, 6) is 0.0587. The summed E-state index contributed by atoms with van der Waals surface area (Å²) in [6.45, 7) is 4.88. The normalized spacial score (nSPS) is 18.4. The minimum absolute atomic E-state index is 0. The van der Waals surface area contributed by atoms with Gasteiger partial charge in [-0.15, -0.1) is 12.4 Å². The number of rotatable bonds is 5. The van der Waals surface area contributed by atoms with Crippen molar-refractivity contribution in [2.75, 3.05) is 18.8 Å². The van der Waals surface area contributed by atoms with Gasteiger partial charge in [-0.3, -0.25) is 4.79 Å². The Bertz CT molecular complexity index is 716. The molecule has 0 aliphatic carbocycles. The van der Waals surface area contributed by atoms with Crippen molar-refractivity contribution in [3.05, 3.63) is 34.9 Å². The van der Waals surface area contributed by atoms with E-state index >= 15 is 0 Å². The first kappa shape index (κ1) is 20.2. The number of amides is 1. The predicted octanol–water partition coefficient (Wildman–Crippen LogP) is 1.39. The zero-order valence-electron chi connectivity index (χ0n) is 14.5. The van der Waals surface area contributed by atoms with Crippen molar-refractivity contribution in [1.29, 1.82) is 0 Å². The van der Waals surface area contributed by atoms with Gasteiger partial charge < -0.3 is 10.6 Å². The number of benzene rings is 1. The van der Waals surface area contributed by atoms with Gasteiger partial charge >= 0.3 is 0 Å². The van der Waals surface area contributed by atoms with Crippen molar-refractivity contribution in [3.8, 4) is 0 Å². The van der Waals surface area contributed by atoms with E-state index in [0.717, 1.165) is 18.7 Å². The maximum atomic E-state index is 12.3. The van der Waals surface area contributed by atoms with E-state index in [9.17, 15) is 13.2 Å². The minimum atomic E-state index is -3.14. The SMILES string of the molecule is CCS(=O)(=O)N1CCC(C(=O)NCc2ccc3c(c2)CNC3)CC1.Cl. The molecule has 0 saturated carbocycles. The number of carbonyl (C=O) groups is 1. The van der Waals surface area contributed by atoms with E-state index in [4.69, 9.17) is 0 Å². The molecule has 25 heavy (non-hydrogen) atoms. The van der Waals surface area contributed by atoms with Gasteiger partial charge in [0.25, 0.3) is 0 Å². The van der Waals surface area contributed by atoms with Crippen LogP contribution in [-0.2, 0) is 34.5 Å². The zero-order valence-corrected chi connectivity index (χ0v) is 16.1. The fourth-order valence-electron chi connectivity index (χ4n) is 3.37. The second kappa shape index (κ2) is 8.49. The molecule has 2 N–H and O–H groups in total. The van der Waals surface area contributed by atoms with Crippen molar-refractivity contribution in [1.82, 2.24) is 14.9 Å². The topological polar surface area (TPSA) is 78.5 Å². The number of fused-ring (bicyclic) bond motifs is 1. The van der Waals surface area contributed by atoms with E-state index in [1.165, 1.54) is 15.4 Å². The van der Waals surface area contributed by atoms with Crippen molar-refractivity contribution in [3.63, 3.8) is 0 Å². The Morgan fingerprint density at radius 2 is 1.92 bits per heavy atom. The van der Waals surface area contributed by atoms with Crippen LogP contribution in [0.5, 0.6) is 0 Å². The van der Waals surface area contributed by atoms with Crippen LogP contribution in [-0.4, -0.2) is 37.5 Å². The van der Waals surface area contributed by atoms with E-state index in [-0.39, 0.29) is 30.0 Å². The predicted molar refractivity (Wildman–Crippen MR) is 99.8 cm³/mol. The fourth-order valence-corrected chi connectivity index (χ4v) is 4.50. The third-order valence-corrected chi connectivity index (χ3v) is 6.83. The summed E-state index contributed by atoms with van der Waals surface area (Å²) < 4.78 is 25.2. The summed E-state index contributed by atoms with van der Waals surface area (Å²) in [5, 5.41) is 6.31. The molecule has 0 spiro atoms. The lowest BCUT2D eigenvalue weighted by atomic mass is 9.97. The van der Waals surface area contributed by atoms with E-state index in [1.54, 1.807) is 6.92 Å². The lowest BCUT2D eigenvalue weighted by Gasteiger charge is -2.30. The molecule has 0 unspecified atom stereocenters. The largest absolute Gasteiger partial charge is 0.352 e. The molecule has 2 heterocycles. The van der Waals surface area contributed by atoms with Crippen LogP contribution in [0.1, 0.15) is 36.5 Å². The van der Waals surface area contributed by atoms with Crippen LogP contribution in [0, 0.1) is 5.92 Å². The maximum absolute atomic E-state index is 12.3. The molecule has 3 rings (SSSR count). The molecule has 0 atom stereocenters. The van der Waals surface area contributed by atoms with Gasteiger partial charge in [0.1, 0.15) is 0 Å². The van der Waals surface area contributed by atoms with Crippen LogP contribution in [0.4, 0.5) is 0 Å². The molecular weight excluding hydrogens is 362 g/mol. The van der Waals surface area contributed by atoms with Gasteiger partial charge in [0.05, 0.1) is 5.75 Å². The standard InChI is InChI=1S/C17H25N3O3S.ClH/c1-2-24(22,23)20-7-5-14(6-8-20)17(21)19-10-13-3-4-15-11-18-12-16(15)9-13;/h3-4,9,14,18H,2,5-8,10-12H2,1H3,(H,19,21);1H. The number of carbonyl (C=O) groups excluding carboxylic acids is 1. The summed E-state index contributed by atoms with van der Waals surface area (Å²) in [4.78, 5) is 12.3. The quantitative estimate of drug-likeness (QED) is 0.800. The number of hydrogen-bond donors (Lipinski definition) is 2. The van der Waals surface area contributed by atoms with E-state index < -0.39 is 10.0 Å². The molecule has 140 valence electrons. The molecule has 2 aliphatic rings. The summed E-state index contributed by atoms with van der Waals surface area (Å²) in [6, 6.07) is 6.32. The van der Waals surface area contributed by atoms with Gasteiger partial charge in [-0.25, -0.2) is 12.7 Å². The molecule has 1 fully saturated rings. The molecule has 1 aromatic rings. The Morgan fingerprint density at radius 1 is 1.24 bits per heavy atom. The van der Waals surface area contributed by atoms with E-state index in [1.807, 2.05) is 0 Å². The molecule has 2 aliphatic heterocycles. The molecule has 0 radical (unpaired) electrons. The molecule has 0 bridgehead atoms. The summed E-state index contributed by atoms with van der Waals surface area (Å²) in [5.41, 5.74) is 3.74. The average Bonchev–Trinajstić information content (AvgIpc) is 3.07. The molecule has 1 aromatic carbocycles. The van der Waals surface area contributed by atoms with Gasteiger partial charge in [0.15, 0.2) is 0 Å². The smallest absolute Gasteiger partial charge is 0.223 e. The van der Waals surface area contributed by atoms with Crippen molar-refractivity contribution < 1.29 is 13.2 Å². The number of sulfonamides is 1.